The Hall–Kier alpha value is -2.47. The summed E-state index contributed by atoms with van der Waals surface area (Å²) in [6.45, 7) is -0.0659. The molecule has 4 nitrogen and oxygen atoms in total. The van der Waals surface area contributed by atoms with E-state index in [1.165, 1.54) is 35.4 Å². The van der Waals surface area contributed by atoms with Crippen LogP contribution >= 0.6 is 15.9 Å². The highest BCUT2D eigenvalue weighted by Crippen LogP contribution is 2.29. The molecule has 132 valence electrons. The van der Waals surface area contributed by atoms with E-state index in [1.807, 2.05) is 12.1 Å². The van der Waals surface area contributed by atoms with Crippen LogP contribution in [0.15, 0.2) is 50.1 Å². The lowest BCUT2D eigenvalue weighted by Gasteiger charge is -2.10. The third-order valence-electron chi connectivity index (χ3n) is 4.55. The zero-order chi connectivity index (χ0) is 18.3. The minimum absolute atomic E-state index is 0.0659. The van der Waals surface area contributed by atoms with Gasteiger partial charge in [-0.15, -0.1) is 0 Å². The van der Waals surface area contributed by atoms with Crippen LogP contribution in [0.1, 0.15) is 33.5 Å². The van der Waals surface area contributed by atoms with Crippen LogP contribution in [0.2, 0.25) is 0 Å². The Morgan fingerprint density at radius 1 is 1.15 bits per heavy atom. The maximum Gasteiger partial charge on any atom is 0.339 e. The SMILES string of the molecule is O=C(OCc1cc(=O)oc2cc3c(cc12)CCC3)c1ccc(F)cc1Br. The molecular formula is C20H14BrFO4. The second-order valence-corrected chi connectivity index (χ2v) is 7.12. The lowest BCUT2D eigenvalue weighted by molar-refractivity contribution is 0.0472. The minimum atomic E-state index is -0.598. The van der Waals surface area contributed by atoms with Gasteiger partial charge in [0.15, 0.2) is 0 Å². The Morgan fingerprint density at radius 3 is 2.69 bits per heavy atom. The fourth-order valence-electron chi connectivity index (χ4n) is 3.29. The zero-order valence-electron chi connectivity index (χ0n) is 13.7. The standard InChI is InChI=1S/C20H14BrFO4/c21-17-9-14(22)4-5-15(17)20(24)25-10-13-8-19(23)26-18-7-12-3-1-2-11(12)6-16(13)18/h4-9H,1-3,10H2. The predicted molar refractivity (Wildman–Crippen MR) is 97.7 cm³/mol. The molecule has 0 radical (unpaired) electrons. The summed E-state index contributed by atoms with van der Waals surface area (Å²) in [7, 11) is 0. The number of carbonyl (C=O) groups is 1. The van der Waals surface area contributed by atoms with Crippen LogP contribution in [0.5, 0.6) is 0 Å². The molecule has 0 bridgehead atoms. The van der Waals surface area contributed by atoms with E-state index in [0.29, 0.717) is 15.6 Å². The summed E-state index contributed by atoms with van der Waals surface area (Å²) in [6.07, 6.45) is 3.05. The second kappa shape index (κ2) is 6.68. The van der Waals surface area contributed by atoms with Crippen molar-refractivity contribution in [3.63, 3.8) is 0 Å². The zero-order valence-corrected chi connectivity index (χ0v) is 15.3. The maximum atomic E-state index is 13.2. The molecule has 1 heterocycles. The first-order valence-corrected chi connectivity index (χ1v) is 9.01. The van der Waals surface area contributed by atoms with Crippen LogP contribution in [0.25, 0.3) is 11.0 Å². The summed E-state index contributed by atoms with van der Waals surface area (Å²) >= 11 is 3.15. The molecule has 0 saturated carbocycles. The Kier molecular flexibility index (Phi) is 4.36. The van der Waals surface area contributed by atoms with Crippen LogP contribution in [0.3, 0.4) is 0 Å². The molecule has 1 aliphatic carbocycles. The number of ether oxygens (including phenoxy) is 1. The fourth-order valence-corrected chi connectivity index (χ4v) is 3.80. The number of rotatable bonds is 3. The number of esters is 1. The van der Waals surface area contributed by atoms with Crippen molar-refractivity contribution in [2.45, 2.75) is 25.9 Å². The topological polar surface area (TPSA) is 56.5 Å². The van der Waals surface area contributed by atoms with Gasteiger partial charge in [0.25, 0.3) is 0 Å². The van der Waals surface area contributed by atoms with Gasteiger partial charge in [-0.05, 0) is 76.7 Å². The number of hydrogen-bond acceptors (Lipinski definition) is 4. The number of carbonyl (C=O) groups excluding carboxylic acids is 1. The normalized spacial score (nSPS) is 13.0. The van der Waals surface area contributed by atoms with Gasteiger partial charge in [0.05, 0.1) is 5.56 Å². The molecule has 26 heavy (non-hydrogen) atoms. The highest BCUT2D eigenvalue weighted by molar-refractivity contribution is 9.10. The average molecular weight is 417 g/mol. The van der Waals surface area contributed by atoms with E-state index in [0.717, 1.165) is 24.6 Å². The van der Waals surface area contributed by atoms with Gasteiger partial charge in [0.1, 0.15) is 18.0 Å². The van der Waals surface area contributed by atoms with Gasteiger partial charge in [-0.3, -0.25) is 0 Å². The fraction of sp³-hybridized carbons (Fsp3) is 0.200. The Bertz CT molecular complexity index is 1090. The van der Waals surface area contributed by atoms with Gasteiger partial charge in [0, 0.05) is 21.5 Å². The van der Waals surface area contributed by atoms with E-state index in [1.54, 1.807) is 0 Å². The van der Waals surface area contributed by atoms with Crippen LogP contribution < -0.4 is 5.63 Å². The van der Waals surface area contributed by atoms with E-state index in [9.17, 15) is 14.0 Å². The second-order valence-electron chi connectivity index (χ2n) is 6.26. The van der Waals surface area contributed by atoms with E-state index in [-0.39, 0.29) is 12.2 Å². The highest BCUT2D eigenvalue weighted by Gasteiger charge is 2.17. The van der Waals surface area contributed by atoms with Crippen molar-refractivity contribution in [3.8, 4) is 0 Å². The molecule has 4 rings (SSSR count). The molecule has 0 fully saturated rings. The first-order valence-electron chi connectivity index (χ1n) is 8.22. The molecule has 0 unspecified atom stereocenters. The lowest BCUT2D eigenvalue weighted by Crippen LogP contribution is -2.09. The first-order chi connectivity index (χ1) is 12.5. The molecule has 0 atom stereocenters. The van der Waals surface area contributed by atoms with Crippen molar-refractivity contribution in [1.29, 1.82) is 0 Å². The first kappa shape index (κ1) is 17.0. The van der Waals surface area contributed by atoms with Crippen molar-refractivity contribution in [2.75, 3.05) is 0 Å². The molecular weight excluding hydrogens is 403 g/mol. The molecule has 1 aromatic heterocycles. The summed E-state index contributed by atoms with van der Waals surface area (Å²) in [4.78, 5) is 24.1. The molecule has 0 amide bonds. The molecule has 3 aromatic rings. The average Bonchev–Trinajstić information content (AvgIpc) is 3.04. The molecule has 0 N–H and O–H groups in total. The van der Waals surface area contributed by atoms with Crippen LogP contribution in [-0.2, 0) is 24.2 Å². The summed E-state index contributed by atoms with van der Waals surface area (Å²) in [5, 5.41) is 0.774. The molecule has 2 aromatic carbocycles. The number of hydrogen-bond donors (Lipinski definition) is 0. The maximum absolute atomic E-state index is 13.2. The Labute approximate surface area is 156 Å². The predicted octanol–water partition coefficient (Wildman–Crippen LogP) is 4.54. The van der Waals surface area contributed by atoms with E-state index in [2.05, 4.69) is 15.9 Å². The number of benzene rings is 2. The molecule has 0 saturated heterocycles. The number of fused-ring (bicyclic) bond motifs is 2. The van der Waals surface area contributed by atoms with Crippen LogP contribution in [-0.4, -0.2) is 5.97 Å². The monoisotopic (exact) mass is 416 g/mol. The molecule has 6 heteroatoms. The van der Waals surface area contributed by atoms with Crippen molar-refractivity contribution in [3.05, 3.63) is 79.4 Å². The van der Waals surface area contributed by atoms with Gasteiger partial charge in [-0.1, -0.05) is 0 Å². The lowest BCUT2D eigenvalue weighted by atomic mass is 10.0. The van der Waals surface area contributed by atoms with Gasteiger partial charge in [0.2, 0.25) is 0 Å². The van der Waals surface area contributed by atoms with E-state index in [4.69, 9.17) is 9.15 Å². The highest BCUT2D eigenvalue weighted by atomic mass is 79.9. The van der Waals surface area contributed by atoms with Gasteiger partial charge >= 0.3 is 11.6 Å². The van der Waals surface area contributed by atoms with E-state index < -0.39 is 17.4 Å². The summed E-state index contributed by atoms with van der Waals surface area (Å²) < 4.78 is 24.1. The van der Waals surface area contributed by atoms with Gasteiger partial charge in [-0.25, -0.2) is 14.0 Å². The molecule has 0 aliphatic heterocycles. The van der Waals surface area contributed by atoms with Crippen molar-refractivity contribution < 1.29 is 18.3 Å². The minimum Gasteiger partial charge on any atom is -0.457 e. The summed E-state index contributed by atoms with van der Waals surface area (Å²) in [5.74, 6) is -1.05. The van der Waals surface area contributed by atoms with Gasteiger partial charge in [-0.2, -0.15) is 0 Å². The van der Waals surface area contributed by atoms with Crippen molar-refractivity contribution >= 4 is 32.9 Å². The van der Waals surface area contributed by atoms with Gasteiger partial charge < -0.3 is 9.15 Å². The third-order valence-corrected chi connectivity index (χ3v) is 5.21. The van der Waals surface area contributed by atoms with Crippen molar-refractivity contribution in [1.82, 2.24) is 0 Å². The summed E-state index contributed by atoms with van der Waals surface area (Å²) in [5.41, 5.74) is 3.28. The quantitative estimate of drug-likeness (QED) is 0.464. The Morgan fingerprint density at radius 2 is 1.92 bits per heavy atom. The number of aryl methyl sites for hydroxylation is 2. The molecule has 0 spiro atoms. The third kappa shape index (κ3) is 3.17. The smallest absolute Gasteiger partial charge is 0.339 e. The Balaban J connectivity index is 1.64. The van der Waals surface area contributed by atoms with Crippen LogP contribution in [0, 0.1) is 5.82 Å². The van der Waals surface area contributed by atoms with E-state index >= 15 is 0 Å². The van der Waals surface area contributed by atoms with Crippen molar-refractivity contribution in [2.24, 2.45) is 0 Å². The van der Waals surface area contributed by atoms with Crippen LogP contribution in [0.4, 0.5) is 4.39 Å². The summed E-state index contributed by atoms with van der Waals surface area (Å²) in [6, 6.07) is 9.00. The molecule has 1 aliphatic rings. The largest absolute Gasteiger partial charge is 0.457 e. The number of halogens is 2.